The van der Waals surface area contributed by atoms with Crippen LogP contribution >= 0.6 is 0 Å². The van der Waals surface area contributed by atoms with Crippen molar-refractivity contribution in [2.75, 3.05) is 14.1 Å². The van der Waals surface area contributed by atoms with Crippen LogP contribution in [0.3, 0.4) is 0 Å². The zero-order chi connectivity index (χ0) is 23.7. The summed E-state index contributed by atoms with van der Waals surface area (Å²) in [6.45, 7) is -0.00591. The number of rotatable bonds is 3. The van der Waals surface area contributed by atoms with Gasteiger partial charge in [-0.3, -0.25) is 14.4 Å². The van der Waals surface area contributed by atoms with Crippen molar-refractivity contribution in [2.24, 2.45) is 29.2 Å². The second-order valence-electron chi connectivity index (χ2n) is 9.10. The molecular formula is C22H27N3O7. The maximum atomic E-state index is 13.4. The first-order chi connectivity index (χ1) is 15.0. The van der Waals surface area contributed by atoms with E-state index in [1.165, 1.54) is 0 Å². The molecule has 32 heavy (non-hydrogen) atoms. The summed E-state index contributed by atoms with van der Waals surface area (Å²) >= 11 is 0. The Labute approximate surface area is 184 Å². The highest BCUT2D eigenvalue weighted by Crippen LogP contribution is 2.52. The molecule has 2 unspecified atom stereocenters. The molecular weight excluding hydrogens is 418 g/mol. The lowest BCUT2D eigenvalue weighted by Gasteiger charge is -2.53. The Hall–Kier alpha value is -2.79. The van der Waals surface area contributed by atoms with Gasteiger partial charge in [0.05, 0.1) is 11.7 Å². The van der Waals surface area contributed by atoms with Gasteiger partial charge in [0, 0.05) is 29.6 Å². The lowest BCUT2D eigenvalue weighted by Crippen LogP contribution is -2.71. The predicted octanol–water partition coefficient (Wildman–Crippen LogP) is -1.26. The highest BCUT2D eigenvalue weighted by molar-refractivity contribution is 6.15. The lowest BCUT2D eigenvalue weighted by molar-refractivity contribution is -0.178. The van der Waals surface area contributed by atoms with Gasteiger partial charge in [0.15, 0.2) is 17.2 Å². The molecule has 0 bridgehead atoms. The number of benzene rings is 1. The van der Waals surface area contributed by atoms with E-state index in [4.69, 9.17) is 11.5 Å². The number of phenolic OH excluding ortho intramolecular Hbond substituents is 1. The van der Waals surface area contributed by atoms with Crippen LogP contribution < -0.4 is 11.5 Å². The number of nitrogens with zero attached hydrogens (tertiary/aromatic N) is 1. The van der Waals surface area contributed by atoms with Crippen molar-refractivity contribution < 1.29 is 34.8 Å². The van der Waals surface area contributed by atoms with Crippen LogP contribution in [0.15, 0.2) is 23.5 Å². The molecule has 0 saturated heterocycles. The van der Waals surface area contributed by atoms with Gasteiger partial charge in [0.25, 0.3) is 0 Å². The van der Waals surface area contributed by atoms with Gasteiger partial charge >= 0.3 is 0 Å². The number of nitrogens with two attached hydrogens (primary N) is 2. The topological polar surface area (TPSA) is 187 Å². The zero-order valence-electron chi connectivity index (χ0n) is 17.8. The minimum atomic E-state index is -2.58. The Bertz CT molecular complexity index is 1070. The molecule has 172 valence electrons. The molecule has 1 aromatic carbocycles. The summed E-state index contributed by atoms with van der Waals surface area (Å²) in [4.78, 5) is 40.1. The molecule has 1 amide bonds. The van der Waals surface area contributed by atoms with Crippen molar-refractivity contribution in [3.05, 3.63) is 40.2 Å². The van der Waals surface area contributed by atoms with Gasteiger partial charge in [-0.05, 0) is 38.4 Å². The summed E-state index contributed by atoms with van der Waals surface area (Å²) in [6, 6.07) is 2.43. The highest BCUT2D eigenvalue weighted by atomic mass is 16.3. The van der Waals surface area contributed by atoms with Gasteiger partial charge in [-0.15, -0.1) is 0 Å². The van der Waals surface area contributed by atoms with Crippen LogP contribution in [0, 0.1) is 17.8 Å². The van der Waals surface area contributed by atoms with Gasteiger partial charge in [0.2, 0.25) is 5.91 Å². The molecule has 0 aliphatic heterocycles. The summed E-state index contributed by atoms with van der Waals surface area (Å²) in [5, 5.41) is 44.0. The first-order valence-electron chi connectivity index (χ1n) is 10.4. The monoisotopic (exact) mass is 445 g/mol. The number of phenols is 1. The first-order valence-corrected chi connectivity index (χ1v) is 10.4. The van der Waals surface area contributed by atoms with E-state index in [9.17, 15) is 34.8 Å². The van der Waals surface area contributed by atoms with E-state index in [0.29, 0.717) is 11.1 Å². The van der Waals surface area contributed by atoms with Crippen LogP contribution in [-0.4, -0.2) is 74.6 Å². The fourth-order valence-corrected chi connectivity index (χ4v) is 5.79. The van der Waals surface area contributed by atoms with E-state index in [-0.39, 0.29) is 36.3 Å². The fraction of sp³-hybridized carbons (Fsp3) is 0.500. The Morgan fingerprint density at radius 2 is 1.91 bits per heavy atom. The van der Waals surface area contributed by atoms with Crippen LogP contribution in [0.25, 0.3) is 0 Å². The molecule has 0 radical (unpaired) electrons. The smallest absolute Gasteiger partial charge is 0.230 e. The molecule has 1 saturated carbocycles. The average Bonchev–Trinajstić information content (AvgIpc) is 2.70. The number of allylic oxidation sites excluding steroid dienone is 1. The number of hydrogen-bond acceptors (Lipinski definition) is 9. The number of carbonyl (C=O) groups excluding carboxylic acids is 3. The molecule has 4 rings (SSSR count). The van der Waals surface area contributed by atoms with Crippen LogP contribution in [0.1, 0.15) is 27.9 Å². The molecule has 0 heterocycles. The van der Waals surface area contributed by atoms with Crippen molar-refractivity contribution >= 4 is 17.5 Å². The summed E-state index contributed by atoms with van der Waals surface area (Å²) in [6.07, 6.45) is -1.12. The van der Waals surface area contributed by atoms with Crippen LogP contribution in [0.4, 0.5) is 0 Å². The third-order valence-electron chi connectivity index (χ3n) is 7.27. The molecule has 3 aliphatic rings. The Balaban J connectivity index is 1.93. The number of aromatic hydroxyl groups is 1. The molecule has 1 aromatic rings. The molecule has 10 nitrogen and oxygen atoms in total. The Morgan fingerprint density at radius 1 is 1.25 bits per heavy atom. The molecule has 0 spiro atoms. The molecule has 3 aliphatic carbocycles. The number of hydrogen-bond donors (Lipinski definition) is 6. The number of fused-ring (bicyclic) bond motifs is 3. The molecule has 6 atom stereocenters. The second-order valence-corrected chi connectivity index (χ2v) is 9.10. The van der Waals surface area contributed by atoms with Crippen molar-refractivity contribution in [1.29, 1.82) is 0 Å². The number of likely N-dealkylation sites (N-methyl/N-ethyl adjacent to an activating group) is 1. The van der Waals surface area contributed by atoms with Gasteiger partial charge < -0.3 is 36.8 Å². The number of amides is 1. The van der Waals surface area contributed by atoms with Crippen molar-refractivity contribution in [1.82, 2.24) is 4.90 Å². The van der Waals surface area contributed by atoms with E-state index < -0.39 is 58.7 Å². The minimum absolute atomic E-state index is 0.00591. The standard InChI is InChI=1S/C22H27N3O7/c1-25(2)15-11-6-10-5-8-3-4-9(7-23)16(26)12(8)17(27)13(10)19(29)22(11,32)20(30)14(18(15)28)21(24)31/h3-4,10-11,14-15,18,26,28-29,32H,5-7,23H2,1-2H3,(H2,24,31)/t10-,11-,14?,15-,18?,22-/m0/s1. The Kier molecular flexibility index (Phi) is 5.17. The van der Waals surface area contributed by atoms with Crippen LogP contribution in [0.5, 0.6) is 5.75 Å². The predicted molar refractivity (Wildman–Crippen MR) is 111 cm³/mol. The third kappa shape index (κ3) is 2.77. The molecule has 8 N–H and O–H groups in total. The maximum Gasteiger partial charge on any atom is 0.230 e. The highest BCUT2D eigenvalue weighted by Gasteiger charge is 2.66. The van der Waals surface area contributed by atoms with E-state index >= 15 is 0 Å². The summed E-state index contributed by atoms with van der Waals surface area (Å²) in [5.41, 5.74) is 9.12. The molecule has 0 aromatic heterocycles. The van der Waals surface area contributed by atoms with Crippen LogP contribution in [0.2, 0.25) is 0 Å². The van der Waals surface area contributed by atoms with Crippen LogP contribution in [-0.2, 0) is 22.6 Å². The van der Waals surface area contributed by atoms with Gasteiger partial charge in [-0.25, -0.2) is 0 Å². The van der Waals surface area contributed by atoms with Gasteiger partial charge in [0.1, 0.15) is 17.4 Å². The van der Waals surface area contributed by atoms with Crippen molar-refractivity contribution in [3.63, 3.8) is 0 Å². The normalized spacial score (nSPS) is 34.2. The minimum Gasteiger partial charge on any atom is -0.508 e. The lowest BCUT2D eigenvalue weighted by atomic mass is 9.56. The van der Waals surface area contributed by atoms with Gasteiger partial charge in [-0.1, -0.05) is 12.1 Å². The third-order valence-corrected chi connectivity index (χ3v) is 7.27. The Morgan fingerprint density at radius 3 is 2.47 bits per heavy atom. The maximum absolute atomic E-state index is 13.4. The number of aliphatic hydroxyl groups excluding tert-OH is 2. The summed E-state index contributed by atoms with van der Waals surface area (Å²) < 4.78 is 0. The number of carbonyl (C=O) groups is 3. The van der Waals surface area contributed by atoms with Crippen molar-refractivity contribution in [3.8, 4) is 5.75 Å². The van der Waals surface area contributed by atoms with E-state index in [1.807, 2.05) is 0 Å². The summed E-state index contributed by atoms with van der Waals surface area (Å²) in [7, 11) is 3.23. The van der Waals surface area contributed by atoms with E-state index in [2.05, 4.69) is 0 Å². The SMILES string of the molecule is CN(C)[C@@H]1C(O)C(C(N)=O)C(=O)[C@@]2(O)C(O)=C3C(=O)c4c(ccc(CN)c4O)C[C@H]3C[C@@H]12. The molecule has 10 heteroatoms. The zero-order valence-corrected chi connectivity index (χ0v) is 17.8. The fourth-order valence-electron chi connectivity index (χ4n) is 5.79. The number of primary amides is 1. The quantitative estimate of drug-likeness (QED) is 0.309. The van der Waals surface area contributed by atoms with E-state index in [1.54, 1.807) is 31.1 Å². The number of aliphatic hydroxyl groups is 3. The van der Waals surface area contributed by atoms with Crippen molar-refractivity contribution in [2.45, 2.75) is 37.1 Å². The van der Waals surface area contributed by atoms with E-state index in [0.717, 1.165) is 0 Å². The number of Topliss-reactive ketones (excluding diaryl/α,β-unsaturated/α-hetero) is 2. The number of ketones is 2. The average molecular weight is 445 g/mol. The van der Waals surface area contributed by atoms with Gasteiger partial charge in [-0.2, -0.15) is 0 Å². The first kappa shape index (κ1) is 22.4. The molecule has 1 fully saturated rings. The second kappa shape index (κ2) is 7.38. The largest absolute Gasteiger partial charge is 0.508 e. The summed E-state index contributed by atoms with van der Waals surface area (Å²) in [5.74, 6) is -7.42.